The lowest BCUT2D eigenvalue weighted by atomic mass is 9.91. The van der Waals surface area contributed by atoms with Crippen LogP contribution in [0.2, 0.25) is 0 Å². The van der Waals surface area contributed by atoms with E-state index in [4.69, 9.17) is 0 Å². The third-order valence-electron chi connectivity index (χ3n) is 5.04. The fourth-order valence-corrected chi connectivity index (χ4v) is 3.67. The number of nitrogens with zero attached hydrogens (tertiary/aromatic N) is 3. The highest BCUT2D eigenvalue weighted by atomic mass is 19.1. The molecule has 0 radical (unpaired) electrons. The number of aryl methyl sites for hydroxylation is 1. The van der Waals surface area contributed by atoms with Gasteiger partial charge in [-0.05, 0) is 49.9 Å². The van der Waals surface area contributed by atoms with E-state index in [1.807, 2.05) is 16.9 Å². The number of halogens is 1. The first-order chi connectivity index (χ1) is 12.7. The summed E-state index contributed by atoms with van der Waals surface area (Å²) in [5.41, 5.74) is 1.39. The second-order valence-electron chi connectivity index (χ2n) is 6.90. The number of aromatic amines is 1. The number of H-pyrrole nitrogens is 1. The summed E-state index contributed by atoms with van der Waals surface area (Å²) in [6.45, 7) is 0. The van der Waals surface area contributed by atoms with Gasteiger partial charge in [-0.25, -0.2) is 9.37 Å². The molecular weight excluding hydrogens is 333 g/mol. The van der Waals surface area contributed by atoms with Gasteiger partial charge in [0.15, 0.2) is 0 Å². The van der Waals surface area contributed by atoms with E-state index in [-0.39, 0.29) is 17.8 Å². The minimum atomic E-state index is -0.295. The Hall–Kier alpha value is -2.70. The molecule has 1 aliphatic carbocycles. The second-order valence-corrected chi connectivity index (χ2v) is 6.90. The first-order valence-electron chi connectivity index (χ1n) is 9.10. The maximum Gasteiger partial charge on any atom is 0.220 e. The van der Waals surface area contributed by atoms with E-state index in [9.17, 15) is 9.18 Å². The van der Waals surface area contributed by atoms with Gasteiger partial charge in [-0.1, -0.05) is 0 Å². The Morgan fingerprint density at radius 1 is 1.31 bits per heavy atom. The highest BCUT2D eigenvalue weighted by Crippen LogP contribution is 2.27. The van der Waals surface area contributed by atoms with E-state index in [1.54, 1.807) is 12.3 Å². The van der Waals surface area contributed by atoms with Crippen molar-refractivity contribution >= 4 is 16.9 Å². The molecule has 0 aliphatic heterocycles. The predicted octanol–water partition coefficient (Wildman–Crippen LogP) is 3.13. The largest absolute Gasteiger partial charge is 0.353 e. The van der Waals surface area contributed by atoms with Crippen molar-refractivity contribution in [1.82, 2.24) is 25.1 Å². The van der Waals surface area contributed by atoms with Gasteiger partial charge in [-0.3, -0.25) is 9.48 Å². The Labute approximate surface area is 150 Å². The van der Waals surface area contributed by atoms with Gasteiger partial charge in [0.05, 0.1) is 17.1 Å². The van der Waals surface area contributed by atoms with Gasteiger partial charge in [-0.15, -0.1) is 0 Å². The van der Waals surface area contributed by atoms with Crippen LogP contribution in [-0.4, -0.2) is 31.7 Å². The van der Waals surface area contributed by atoms with E-state index in [0.717, 1.165) is 31.2 Å². The maximum atomic E-state index is 13.2. The van der Waals surface area contributed by atoms with E-state index in [0.29, 0.717) is 30.2 Å². The molecule has 1 aromatic carbocycles. The Morgan fingerprint density at radius 2 is 2.15 bits per heavy atom. The second kappa shape index (κ2) is 7.27. The Morgan fingerprint density at radius 3 is 2.92 bits per heavy atom. The molecule has 1 fully saturated rings. The zero-order valence-electron chi connectivity index (χ0n) is 14.5. The maximum absolute atomic E-state index is 13.2. The summed E-state index contributed by atoms with van der Waals surface area (Å²) >= 11 is 0. The van der Waals surface area contributed by atoms with E-state index in [2.05, 4.69) is 20.4 Å². The van der Waals surface area contributed by atoms with Gasteiger partial charge >= 0.3 is 0 Å². The minimum Gasteiger partial charge on any atom is -0.353 e. The van der Waals surface area contributed by atoms with Crippen molar-refractivity contribution in [2.45, 2.75) is 50.6 Å². The molecule has 0 atom stereocenters. The molecule has 1 amide bonds. The van der Waals surface area contributed by atoms with Crippen LogP contribution in [0.3, 0.4) is 0 Å². The van der Waals surface area contributed by atoms with Crippen molar-refractivity contribution in [3.8, 4) is 0 Å². The van der Waals surface area contributed by atoms with Crippen molar-refractivity contribution in [2.75, 3.05) is 0 Å². The van der Waals surface area contributed by atoms with Crippen LogP contribution < -0.4 is 5.32 Å². The van der Waals surface area contributed by atoms with Crippen molar-refractivity contribution < 1.29 is 9.18 Å². The normalized spacial score (nSPS) is 20.3. The summed E-state index contributed by atoms with van der Waals surface area (Å²) in [6, 6.07) is 7.07. The van der Waals surface area contributed by atoms with Gasteiger partial charge in [0.25, 0.3) is 0 Å². The lowest BCUT2D eigenvalue weighted by Crippen LogP contribution is -2.38. The fourth-order valence-electron chi connectivity index (χ4n) is 3.67. The smallest absolute Gasteiger partial charge is 0.220 e. The molecule has 136 valence electrons. The van der Waals surface area contributed by atoms with Crippen LogP contribution in [0.25, 0.3) is 11.0 Å². The van der Waals surface area contributed by atoms with E-state index in [1.165, 1.54) is 12.1 Å². The standard InChI is InChI=1S/C19H22FN5O/c20-13-2-7-16-17(12-13)24-18(23-16)8-9-19(26)22-14-3-5-15(6-4-14)25-11-1-10-21-25/h1-2,7,10-12,14-15H,3-6,8-9H2,(H,22,26)(H,23,24). The minimum absolute atomic E-state index is 0.0409. The summed E-state index contributed by atoms with van der Waals surface area (Å²) in [4.78, 5) is 19.7. The summed E-state index contributed by atoms with van der Waals surface area (Å²) in [5.74, 6) is 0.457. The first kappa shape index (κ1) is 16.8. The fraction of sp³-hybridized carbons (Fsp3) is 0.421. The van der Waals surface area contributed by atoms with Crippen LogP contribution in [-0.2, 0) is 11.2 Å². The Balaban J connectivity index is 1.25. The molecule has 26 heavy (non-hydrogen) atoms. The average molecular weight is 355 g/mol. The van der Waals surface area contributed by atoms with Crippen molar-refractivity contribution in [3.63, 3.8) is 0 Å². The highest BCUT2D eigenvalue weighted by molar-refractivity contribution is 5.77. The van der Waals surface area contributed by atoms with Crippen molar-refractivity contribution in [1.29, 1.82) is 0 Å². The lowest BCUT2D eigenvalue weighted by molar-refractivity contribution is -0.122. The SMILES string of the molecule is O=C(CCc1nc2ccc(F)cc2[nH]1)NC1CCC(n2cccn2)CC1. The number of carbonyl (C=O) groups excluding carboxylic acids is 1. The number of amides is 1. The number of benzene rings is 1. The van der Waals surface area contributed by atoms with Crippen LogP contribution >= 0.6 is 0 Å². The van der Waals surface area contributed by atoms with E-state index >= 15 is 0 Å². The molecule has 0 saturated heterocycles. The molecule has 7 heteroatoms. The summed E-state index contributed by atoms with van der Waals surface area (Å²) in [7, 11) is 0. The zero-order valence-corrected chi connectivity index (χ0v) is 14.5. The number of nitrogens with one attached hydrogen (secondary N) is 2. The van der Waals surface area contributed by atoms with Gasteiger partial charge in [0.1, 0.15) is 11.6 Å². The van der Waals surface area contributed by atoms with Gasteiger partial charge in [-0.2, -0.15) is 5.10 Å². The molecule has 4 rings (SSSR count). The number of aromatic nitrogens is 4. The number of fused-ring (bicyclic) bond motifs is 1. The van der Waals surface area contributed by atoms with Gasteiger partial charge in [0.2, 0.25) is 5.91 Å². The molecule has 2 heterocycles. The predicted molar refractivity (Wildman–Crippen MR) is 96.0 cm³/mol. The van der Waals surface area contributed by atoms with Crippen LogP contribution in [0.5, 0.6) is 0 Å². The highest BCUT2D eigenvalue weighted by Gasteiger charge is 2.23. The number of carbonyl (C=O) groups is 1. The molecule has 1 saturated carbocycles. The summed E-state index contributed by atoms with van der Waals surface area (Å²) in [5, 5.41) is 7.44. The summed E-state index contributed by atoms with van der Waals surface area (Å²) < 4.78 is 15.2. The molecule has 1 aliphatic rings. The third-order valence-corrected chi connectivity index (χ3v) is 5.04. The van der Waals surface area contributed by atoms with Crippen molar-refractivity contribution in [3.05, 3.63) is 48.3 Å². The van der Waals surface area contributed by atoms with Crippen LogP contribution in [0.1, 0.15) is 44.0 Å². The molecule has 0 bridgehead atoms. The molecule has 0 spiro atoms. The molecule has 6 nitrogen and oxygen atoms in total. The third kappa shape index (κ3) is 3.76. The molecule has 3 aromatic rings. The molecular formula is C19H22FN5O. The van der Waals surface area contributed by atoms with Gasteiger partial charge < -0.3 is 10.3 Å². The monoisotopic (exact) mass is 355 g/mol. The van der Waals surface area contributed by atoms with Crippen molar-refractivity contribution in [2.24, 2.45) is 0 Å². The lowest BCUT2D eigenvalue weighted by Gasteiger charge is -2.29. The topological polar surface area (TPSA) is 75.6 Å². The van der Waals surface area contributed by atoms with Crippen LogP contribution in [0.4, 0.5) is 4.39 Å². The number of hydrogen-bond acceptors (Lipinski definition) is 3. The Kier molecular flexibility index (Phi) is 4.69. The van der Waals surface area contributed by atoms with Crippen LogP contribution in [0, 0.1) is 5.82 Å². The number of imidazole rings is 1. The quantitative estimate of drug-likeness (QED) is 0.738. The molecule has 0 unspecified atom stereocenters. The number of hydrogen-bond donors (Lipinski definition) is 2. The molecule has 2 N–H and O–H groups in total. The summed E-state index contributed by atoms with van der Waals surface area (Å²) in [6.07, 6.45) is 8.71. The number of rotatable bonds is 5. The Bertz CT molecular complexity index is 881. The zero-order chi connectivity index (χ0) is 17.9. The van der Waals surface area contributed by atoms with E-state index < -0.39 is 0 Å². The van der Waals surface area contributed by atoms with Crippen LogP contribution in [0.15, 0.2) is 36.7 Å². The van der Waals surface area contributed by atoms with Gasteiger partial charge in [0, 0.05) is 31.3 Å². The average Bonchev–Trinajstić information content (AvgIpc) is 3.30. The first-order valence-corrected chi connectivity index (χ1v) is 9.10. The molecule has 2 aromatic heterocycles.